The number of benzene rings is 2. The summed E-state index contributed by atoms with van der Waals surface area (Å²) in [5.41, 5.74) is 2.49. The van der Waals surface area contributed by atoms with Crippen molar-refractivity contribution in [1.29, 1.82) is 5.26 Å². The number of nitriles is 1. The maximum Gasteiger partial charge on any atom is 0.227 e. The second kappa shape index (κ2) is 7.28. The third-order valence-electron chi connectivity index (χ3n) is 3.46. The van der Waals surface area contributed by atoms with Crippen molar-refractivity contribution in [2.45, 2.75) is 13.0 Å². The van der Waals surface area contributed by atoms with Crippen LogP contribution in [0.2, 0.25) is 0 Å². The van der Waals surface area contributed by atoms with Crippen molar-refractivity contribution in [3.8, 4) is 11.8 Å². The van der Waals surface area contributed by atoms with E-state index in [-0.39, 0.29) is 5.91 Å². The molecule has 4 heteroatoms. The van der Waals surface area contributed by atoms with E-state index < -0.39 is 0 Å². The molecule has 112 valence electrons. The molecule has 0 N–H and O–H groups in total. The van der Waals surface area contributed by atoms with E-state index in [1.54, 1.807) is 31.2 Å². The highest BCUT2D eigenvalue weighted by molar-refractivity contribution is 5.79. The van der Waals surface area contributed by atoms with Crippen LogP contribution in [0.4, 0.5) is 0 Å². The number of methoxy groups -OCH3 is 1. The Kier molecular flexibility index (Phi) is 5.16. The lowest BCUT2D eigenvalue weighted by atomic mass is 10.1. The van der Waals surface area contributed by atoms with E-state index in [1.807, 2.05) is 36.4 Å². The Hall–Kier alpha value is -2.80. The number of hydrogen-bond donors (Lipinski definition) is 0. The Morgan fingerprint density at radius 2 is 1.86 bits per heavy atom. The number of likely N-dealkylation sites (N-methyl/N-ethyl adjacent to an activating group) is 1. The Balaban J connectivity index is 2.01. The molecule has 0 heterocycles. The zero-order valence-corrected chi connectivity index (χ0v) is 12.7. The first-order valence-corrected chi connectivity index (χ1v) is 6.99. The van der Waals surface area contributed by atoms with Crippen molar-refractivity contribution >= 4 is 5.91 Å². The van der Waals surface area contributed by atoms with Crippen LogP contribution in [-0.4, -0.2) is 25.0 Å². The molecule has 1 amide bonds. The highest BCUT2D eigenvalue weighted by Crippen LogP contribution is 2.18. The Morgan fingerprint density at radius 3 is 2.50 bits per heavy atom. The van der Waals surface area contributed by atoms with Crippen molar-refractivity contribution in [2.24, 2.45) is 0 Å². The predicted octanol–water partition coefficient (Wildman–Crippen LogP) is 2.77. The molecule has 2 rings (SSSR count). The fourth-order valence-corrected chi connectivity index (χ4v) is 2.19. The number of ether oxygens (including phenoxy) is 1. The molecule has 0 aliphatic carbocycles. The molecule has 0 aliphatic rings. The second-order valence-corrected chi connectivity index (χ2v) is 5.05. The average Bonchev–Trinajstić information content (AvgIpc) is 2.56. The van der Waals surface area contributed by atoms with Crippen LogP contribution in [0.3, 0.4) is 0 Å². The first kappa shape index (κ1) is 15.6. The molecule has 2 aromatic carbocycles. The largest absolute Gasteiger partial charge is 0.496 e. The molecule has 0 saturated heterocycles. The van der Waals surface area contributed by atoms with Gasteiger partial charge in [0, 0.05) is 19.2 Å². The average molecular weight is 294 g/mol. The van der Waals surface area contributed by atoms with Crippen LogP contribution >= 0.6 is 0 Å². The number of hydrogen-bond acceptors (Lipinski definition) is 3. The molecule has 22 heavy (non-hydrogen) atoms. The van der Waals surface area contributed by atoms with E-state index in [1.165, 1.54) is 0 Å². The van der Waals surface area contributed by atoms with Crippen LogP contribution in [-0.2, 0) is 17.8 Å². The van der Waals surface area contributed by atoms with Crippen LogP contribution in [0.25, 0.3) is 0 Å². The van der Waals surface area contributed by atoms with Gasteiger partial charge >= 0.3 is 0 Å². The molecule has 0 saturated carbocycles. The summed E-state index contributed by atoms with van der Waals surface area (Å²) in [5.74, 6) is 0.747. The summed E-state index contributed by atoms with van der Waals surface area (Å²) in [7, 11) is 3.37. The summed E-state index contributed by atoms with van der Waals surface area (Å²) < 4.78 is 5.27. The van der Waals surface area contributed by atoms with Crippen LogP contribution in [0.15, 0.2) is 48.5 Å². The molecule has 0 spiro atoms. The lowest BCUT2D eigenvalue weighted by molar-refractivity contribution is -0.129. The summed E-state index contributed by atoms with van der Waals surface area (Å²) >= 11 is 0. The maximum atomic E-state index is 12.3. The number of rotatable bonds is 5. The smallest absolute Gasteiger partial charge is 0.227 e. The van der Waals surface area contributed by atoms with Gasteiger partial charge in [-0.3, -0.25) is 4.79 Å². The SMILES string of the molecule is COc1ccccc1CC(=O)N(C)Cc1ccc(C#N)cc1. The minimum Gasteiger partial charge on any atom is -0.496 e. The van der Waals surface area contributed by atoms with E-state index >= 15 is 0 Å². The number of para-hydroxylation sites is 1. The minimum atomic E-state index is 0.0221. The summed E-state index contributed by atoms with van der Waals surface area (Å²) in [6.45, 7) is 0.514. The van der Waals surface area contributed by atoms with E-state index in [0.717, 1.165) is 16.9 Å². The zero-order valence-electron chi connectivity index (χ0n) is 12.7. The van der Waals surface area contributed by atoms with Gasteiger partial charge < -0.3 is 9.64 Å². The van der Waals surface area contributed by atoms with Gasteiger partial charge in [-0.1, -0.05) is 30.3 Å². The molecular formula is C18H18N2O2. The third-order valence-corrected chi connectivity index (χ3v) is 3.46. The van der Waals surface area contributed by atoms with Gasteiger partial charge in [0.1, 0.15) is 5.75 Å². The van der Waals surface area contributed by atoms with Crippen molar-refractivity contribution < 1.29 is 9.53 Å². The van der Waals surface area contributed by atoms with Crippen LogP contribution in [0.5, 0.6) is 5.75 Å². The first-order chi connectivity index (χ1) is 10.6. The van der Waals surface area contributed by atoms with Crippen molar-refractivity contribution in [3.05, 3.63) is 65.2 Å². The van der Waals surface area contributed by atoms with Gasteiger partial charge in [0.05, 0.1) is 25.2 Å². The number of carbonyl (C=O) groups excluding carboxylic acids is 1. The second-order valence-electron chi connectivity index (χ2n) is 5.05. The van der Waals surface area contributed by atoms with E-state index in [0.29, 0.717) is 18.5 Å². The predicted molar refractivity (Wildman–Crippen MR) is 84.3 cm³/mol. The van der Waals surface area contributed by atoms with Gasteiger partial charge in [-0.2, -0.15) is 5.26 Å². The fraction of sp³-hybridized carbons (Fsp3) is 0.222. The molecule has 0 bridgehead atoms. The summed E-state index contributed by atoms with van der Waals surface area (Å²) in [6.07, 6.45) is 0.302. The molecule has 0 aromatic heterocycles. The molecule has 2 aromatic rings. The summed E-state index contributed by atoms with van der Waals surface area (Å²) in [6, 6.07) is 16.9. The number of amides is 1. The van der Waals surface area contributed by atoms with Crippen LogP contribution < -0.4 is 4.74 Å². The lowest BCUT2D eigenvalue weighted by Crippen LogP contribution is -2.27. The topological polar surface area (TPSA) is 53.3 Å². The Morgan fingerprint density at radius 1 is 1.18 bits per heavy atom. The maximum absolute atomic E-state index is 12.3. The summed E-state index contributed by atoms with van der Waals surface area (Å²) in [4.78, 5) is 14.0. The molecule has 0 atom stereocenters. The molecule has 0 radical (unpaired) electrons. The highest BCUT2D eigenvalue weighted by atomic mass is 16.5. The Labute approximate surface area is 130 Å². The highest BCUT2D eigenvalue weighted by Gasteiger charge is 2.13. The zero-order chi connectivity index (χ0) is 15.9. The fourth-order valence-electron chi connectivity index (χ4n) is 2.19. The van der Waals surface area contributed by atoms with Gasteiger partial charge in [-0.15, -0.1) is 0 Å². The molecule has 4 nitrogen and oxygen atoms in total. The van der Waals surface area contributed by atoms with E-state index in [4.69, 9.17) is 10.00 Å². The van der Waals surface area contributed by atoms with Gasteiger partial charge in [0.2, 0.25) is 5.91 Å². The van der Waals surface area contributed by atoms with Crippen molar-refractivity contribution in [3.63, 3.8) is 0 Å². The molecule has 0 unspecified atom stereocenters. The minimum absolute atomic E-state index is 0.0221. The van der Waals surface area contributed by atoms with Crippen molar-refractivity contribution in [1.82, 2.24) is 4.90 Å². The first-order valence-electron chi connectivity index (χ1n) is 6.99. The quantitative estimate of drug-likeness (QED) is 0.852. The third kappa shape index (κ3) is 3.86. The molecule has 0 aliphatic heterocycles. The van der Waals surface area contributed by atoms with Gasteiger partial charge in [0.25, 0.3) is 0 Å². The monoisotopic (exact) mass is 294 g/mol. The van der Waals surface area contributed by atoms with E-state index in [2.05, 4.69) is 6.07 Å². The molecule has 0 fully saturated rings. The lowest BCUT2D eigenvalue weighted by Gasteiger charge is -2.18. The van der Waals surface area contributed by atoms with Crippen molar-refractivity contribution in [2.75, 3.05) is 14.2 Å². The molecular weight excluding hydrogens is 276 g/mol. The van der Waals surface area contributed by atoms with Gasteiger partial charge in [0.15, 0.2) is 0 Å². The van der Waals surface area contributed by atoms with Crippen LogP contribution in [0.1, 0.15) is 16.7 Å². The van der Waals surface area contributed by atoms with Crippen LogP contribution in [0, 0.1) is 11.3 Å². The Bertz CT molecular complexity index is 687. The van der Waals surface area contributed by atoms with Gasteiger partial charge in [-0.05, 0) is 23.8 Å². The normalized spacial score (nSPS) is 9.86. The summed E-state index contributed by atoms with van der Waals surface area (Å²) in [5, 5.41) is 8.79. The number of carbonyl (C=O) groups is 1. The standard InChI is InChI=1S/C18H18N2O2/c1-20(13-15-9-7-14(12-19)8-10-15)18(21)11-16-5-3-4-6-17(16)22-2/h3-10H,11,13H2,1-2H3. The van der Waals surface area contributed by atoms with E-state index in [9.17, 15) is 4.79 Å². The number of nitrogens with zero attached hydrogens (tertiary/aromatic N) is 2. The van der Waals surface area contributed by atoms with Gasteiger partial charge in [-0.25, -0.2) is 0 Å².